The van der Waals surface area contributed by atoms with Gasteiger partial charge in [-0.3, -0.25) is 4.79 Å². The van der Waals surface area contributed by atoms with Crippen LogP contribution in [-0.4, -0.2) is 12.5 Å². The molecule has 0 heterocycles. The fourth-order valence-electron chi connectivity index (χ4n) is 4.42. The zero-order chi connectivity index (χ0) is 27.6. The third-order valence-electron chi connectivity index (χ3n) is 6.63. The SMILES string of the molecule is CC(=O)NCCCCc1ccc(OCc2cccc(-c3ccccc3)c2C)cc1OCc1cccc(F)c1F. The number of unbranched alkanes of at least 4 members (excludes halogenated alkanes) is 1. The molecular formula is C33H33F2NO3. The highest BCUT2D eigenvalue weighted by Gasteiger charge is 2.12. The summed E-state index contributed by atoms with van der Waals surface area (Å²) in [5.74, 6) is -0.682. The monoisotopic (exact) mass is 529 g/mol. The fourth-order valence-corrected chi connectivity index (χ4v) is 4.42. The summed E-state index contributed by atoms with van der Waals surface area (Å²) in [6.07, 6.45) is 2.35. The van der Waals surface area contributed by atoms with Crippen molar-refractivity contribution in [2.24, 2.45) is 0 Å². The number of amides is 1. The van der Waals surface area contributed by atoms with E-state index >= 15 is 0 Å². The molecule has 0 aliphatic carbocycles. The van der Waals surface area contributed by atoms with Crippen molar-refractivity contribution in [1.29, 1.82) is 0 Å². The van der Waals surface area contributed by atoms with Crippen LogP contribution in [0.1, 0.15) is 42.0 Å². The number of benzene rings is 4. The van der Waals surface area contributed by atoms with Gasteiger partial charge in [0.15, 0.2) is 11.6 Å². The minimum Gasteiger partial charge on any atom is -0.489 e. The molecule has 0 spiro atoms. The summed E-state index contributed by atoms with van der Waals surface area (Å²) < 4.78 is 40.1. The van der Waals surface area contributed by atoms with Crippen LogP contribution < -0.4 is 14.8 Å². The van der Waals surface area contributed by atoms with Crippen LogP contribution in [0.25, 0.3) is 11.1 Å². The van der Waals surface area contributed by atoms with Gasteiger partial charge in [0.1, 0.15) is 24.7 Å². The van der Waals surface area contributed by atoms with Gasteiger partial charge in [0.25, 0.3) is 0 Å². The first-order valence-electron chi connectivity index (χ1n) is 13.1. The first kappa shape index (κ1) is 27.8. The molecule has 0 aliphatic rings. The second-order valence-electron chi connectivity index (χ2n) is 9.46. The standard InChI is InChI=1S/C33H33F2NO3/c1-23-27(13-8-15-30(23)25-10-4-3-5-11-25)21-38-29-18-17-26(12-6-7-19-36-24(2)37)32(20-29)39-22-28-14-9-16-31(34)33(28)35/h3-5,8-11,13-18,20H,6-7,12,19,21-22H2,1-2H3,(H,36,37). The topological polar surface area (TPSA) is 47.6 Å². The summed E-state index contributed by atoms with van der Waals surface area (Å²) in [5, 5.41) is 2.80. The minimum atomic E-state index is -0.907. The second-order valence-corrected chi connectivity index (χ2v) is 9.46. The number of carbonyl (C=O) groups is 1. The Kier molecular flexibility index (Phi) is 9.68. The Hall–Kier alpha value is -4.19. The van der Waals surface area contributed by atoms with Gasteiger partial charge < -0.3 is 14.8 Å². The van der Waals surface area contributed by atoms with Crippen molar-refractivity contribution in [3.8, 4) is 22.6 Å². The number of hydrogen-bond donors (Lipinski definition) is 1. The smallest absolute Gasteiger partial charge is 0.216 e. The van der Waals surface area contributed by atoms with Crippen molar-refractivity contribution in [3.63, 3.8) is 0 Å². The number of rotatable bonds is 12. The Morgan fingerprint density at radius 2 is 1.54 bits per heavy atom. The molecule has 4 aromatic rings. The Bertz CT molecular complexity index is 1410. The summed E-state index contributed by atoms with van der Waals surface area (Å²) in [6, 6.07) is 26.1. The Labute approximate surface area is 228 Å². The minimum absolute atomic E-state index is 0.0535. The number of aryl methyl sites for hydroxylation is 1. The summed E-state index contributed by atoms with van der Waals surface area (Å²) in [4.78, 5) is 11.1. The lowest BCUT2D eigenvalue weighted by Crippen LogP contribution is -2.20. The van der Waals surface area contributed by atoms with Crippen molar-refractivity contribution in [3.05, 3.63) is 119 Å². The molecule has 1 amide bonds. The molecule has 0 atom stereocenters. The van der Waals surface area contributed by atoms with E-state index in [0.29, 0.717) is 31.1 Å². The van der Waals surface area contributed by atoms with Crippen molar-refractivity contribution < 1.29 is 23.0 Å². The van der Waals surface area contributed by atoms with E-state index in [1.54, 1.807) is 6.07 Å². The highest BCUT2D eigenvalue weighted by molar-refractivity contribution is 5.72. The van der Waals surface area contributed by atoms with Crippen LogP contribution >= 0.6 is 0 Å². The van der Waals surface area contributed by atoms with E-state index in [9.17, 15) is 13.6 Å². The molecule has 4 aromatic carbocycles. The Morgan fingerprint density at radius 3 is 2.33 bits per heavy atom. The molecule has 4 nitrogen and oxygen atoms in total. The molecule has 0 aromatic heterocycles. The van der Waals surface area contributed by atoms with Gasteiger partial charge in [-0.25, -0.2) is 8.78 Å². The lowest BCUT2D eigenvalue weighted by molar-refractivity contribution is -0.118. The molecule has 202 valence electrons. The Morgan fingerprint density at radius 1 is 0.795 bits per heavy atom. The van der Waals surface area contributed by atoms with Crippen molar-refractivity contribution in [2.75, 3.05) is 6.54 Å². The van der Waals surface area contributed by atoms with Crippen molar-refractivity contribution >= 4 is 5.91 Å². The zero-order valence-corrected chi connectivity index (χ0v) is 22.3. The third kappa shape index (κ3) is 7.66. The third-order valence-corrected chi connectivity index (χ3v) is 6.63. The maximum absolute atomic E-state index is 14.2. The van der Waals surface area contributed by atoms with Gasteiger partial charge in [-0.15, -0.1) is 0 Å². The molecular weight excluding hydrogens is 496 g/mol. The largest absolute Gasteiger partial charge is 0.489 e. The molecule has 6 heteroatoms. The average Bonchev–Trinajstić information content (AvgIpc) is 2.94. The summed E-state index contributed by atoms with van der Waals surface area (Å²) in [6.45, 7) is 4.45. The summed E-state index contributed by atoms with van der Waals surface area (Å²) in [5.41, 5.74) is 5.61. The lowest BCUT2D eigenvalue weighted by atomic mass is 9.97. The van der Waals surface area contributed by atoms with E-state index in [1.165, 1.54) is 19.1 Å². The molecule has 0 saturated heterocycles. The van der Waals surface area contributed by atoms with Crippen molar-refractivity contribution in [1.82, 2.24) is 5.32 Å². The van der Waals surface area contributed by atoms with E-state index in [-0.39, 0.29) is 18.1 Å². The first-order chi connectivity index (χ1) is 18.9. The second kappa shape index (κ2) is 13.6. The molecule has 0 saturated carbocycles. The quantitative estimate of drug-likeness (QED) is 0.193. The van der Waals surface area contributed by atoms with Gasteiger partial charge in [-0.1, -0.05) is 66.7 Å². The summed E-state index contributed by atoms with van der Waals surface area (Å²) in [7, 11) is 0. The number of carbonyl (C=O) groups excluding carboxylic acids is 1. The van der Waals surface area contributed by atoms with Gasteiger partial charge in [0, 0.05) is 25.1 Å². The molecule has 0 bridgehead atoms. The predicted octanol–water partition coefficient (Wildman–Crippen LogP) is 7.56. The lowest BCUT2D eigenvalue weighted by Gasteiger charge is -2.16. The van der Waals surface area contributed by atoms with E-state index in [2.05, 4.69) is 36.5 Å². The maximum atomic E-state index is 14.2. The van der Waals surface area contributed by atoms with E-state index in [0.717, 1.165) is 46.7 Å². The molecule has 4 rings (SSSR count). The highest BCUT2D eigenvalue weighted by Crippen LogP contribution is 2.30. The number of hydrogen-bond acceptors (Lipinski definition) is 3. The predicted molar refractivity (Wildman–Crippen MR) is 150 cm³/mol. The molecule has 0 radical (unpaired) electrons. The first-order valence-corrected chi connectivity index (χ1v) is 13.1. The van der Waals surface area contributed by atoms with Crippen LogP contribution in [0.15, 0.2) is 84.9 Å². The number of ether oxygens (including phenoxy) is 2. The highest BCUT2D eigenvalue weighted by atomic mass is 19.2. The number of halogens is 2. The molecule has 0 unspecified atom stereocenters. The van der Waals surface area contributed by atoms with Crippen LogP contribution in [0.2, 0.25) is 0 Å². The van der Waals surface area contributed by atoms with Gasteiger partial charge in [0.05, 0.1) is 0 Å². The zero-order valence-electron chi connectivity index (χ0n) is 22.3. The molecule has 0 aliphatic heterocycles. The molecule has 39 heavy (non-hydrogen) atoms. The normalized spacial score (nSPS) is 10.8. The van der Waals surface area contributed by atoms with Crippen LogP contribution in [0.4, 0.5) is 8.78 Å². The van der Waals surface area contributed by atoms with E-state index in [1.807, 2.05) is 36.4 Å². The van der Waals surface area contributed by atoms with Crippen LogP contribution in [0.3, 0.4) is 0 Å². The van der Waals surface area contributed by atoms with Gasteiger partial charge in [-0.05, 0) is 66.1 Å². The Balaban J connectivity index is 1.49. The maximum Gasteiger partial charge on any atom is 0.216 e. The van der Waals surface area contributed by atoms with Crippen molar-refractivity contribution in [2.45, 2.75) is 46.3 Å². The number of nitrogens with one attached hydrogen (secondary N) is 1. The van der Waals surface area contributed by atoms with E-state index < -0.39 is 11.6 Å². The van der Waals surface area contributed by atoms with E-state index in [4.69, 9.17) is 9.47 Å². The summed E-state index contributed by atoms with van der Waals surface area (Å²) >= 11 is 0. The van der Waals surface area contributed by atoms with Gasteiger partial charge >= 0.3 is 0 Å². The average molecular weight is 530 g/mol. The van der Waals surface area contributed by atoms with Gasteiger partial charge in [0.2, 0.25) is 5.91 Å². The van der Waals surface area contributed by atoms with Crippen LogP contribution in [-0.2, 0) is 24.4 Å². The fraction of sp³-hybridized carbons (Fsp3) is 0.242. The van der Waals surface area contributed by atoms with Crippen LogP contribution in [0, 0.1) is 18.6 Å². The molecule has 0 fully saturated rings. The van der Waals surface area contributed by atoms with Gasteiger partial charge in [-0.2, -0.15) is 0 Å². The molecule has 1 N–H and O–H groups in total. The van der Waals surface area contributed by atoms with Crippen LogP contribution in [0.5, 0.6) is 11.5 Å².